The van der Waals surface area contributed by atoms with Crippen molar-refractivity contribution in [2.45, 2.75) is 26.2 Å². The Labute approximate surface area is 79.3 Å². The SMILES string of the molecule is CC1=C(C2CC2)Cc2ccccc21. The highest BCUT2D eigenvalue weighted by molar-refractivity contribution is 5.75. The van der Waals surface area contributed by atoms with Gasteiger partial charge in [0.1, 0.15) is 0 Å². The van der Waals surface area contributed by atoms with E-state index in [-0.39, 0.29) is 0 Å². The van der Waals surface area contributed by atoms with Crippen molar-refractivity contribution < 1.29 is 0 Å². The number of hydrogen-bond acceptors (Lipinski definition) is 0. The van der Waals surface area contributed by atoms with Gasteiger partial charge in [-0.2, -0.15) is 0 Å². The third kappa shape index (κ3) is 1.05. The molecule has 66 valence electrons. The van der Waals surface area contributed by atoms with Crippen LogP contribution in [0.25, 0.3) is 5.57 Å². The van der Waals surface area contributed by atoms with E-state index in [0.717, 1.165) is 5.92 Å². The van der Waals surface area contributed by atoms with Crippen LogP contribution in [-0.4, -0.2) is 0 Å². The van der Waals surface area contributed by atoms with Crippen LogP contribution in [0.2, 0.25) is 0 Å². The summed E-state index contributed by atoms with van der Waals surface area (Å²) in [6.07, 6.45) is 4.09. The van der Waals surface area contributed by atoms with Crippen LogP contribution in [-0.2, 0) is 6.42 Å². The molecule has 13 heavy (non-hydrogen) atoms. The normalized spacial score (nSPS) is 20.7. The van der Waals surface area contributed by atoms with Crippen molar-refractivity contribution in [1.29, 1.82) is 0 Å². The second kappa shape index (κ2) is 2.47. The Morgan fingerprint density at radius 2 is 1.92 bits per heavy atom. The zero-order valence-electron chi connectivity index (χ0n) is 8.01. The first kappa shape index (κ1) is 7.37. The summed E-state index contributed by atoms with van der Waals surface area (Å²) in [5.74, 6) is 0.937. The Hall–Kier alpha value is -1.04. The first-order chi connectivity index (χ1) is 6.36. The van der Waals surface area contributed by atoms with Crippen molar-refractivity contribution in [2.75, 3.05) is 0 Å². The van der Waals surface area contributed by atoms with Crippen molar-refractivity contribution in [3.05, 3.63) is 41.0 Å². The van der Waals surface area contributed by atoms with Gasteiger partial charge in [-0.1, -0.05) is 29.8 Å². The summed E-state index contributed by atoms with van der Waals surface area (Å²) < 4.78 is 0. The first-order valence-electron chi connectivity index (χ1n) is 5.14. The molecular formula is C13H14. The molecule has 0 radical (unpaired) electrons. The number of rotatable bonds is 1. The zero-order valence-corrected chi connectivity index (χ0v) is 8.01. The van der Waals surface area contributed by atoms with E-state index >= 15 is 0 Å². The quantitative estimate of drug-likeness (QED) is 0.605. The molecule has 0 heterocycles. The summed E-state index contributed by atoms with van der Waals surface area (Å²) in [6.45, 7) is 2.29. The predicted octanol–water partition coefficient (Wildman–Crippen LogP) is 3.43. The molecule has 0 amide bonds. The monoisotopic (exact) mass is 170 g/mol. The highest BCUT2D eigenvalue weighted by Crippen LogP contribution is 2.45. The van der Waals surface area contributed by atoms with Crippen LogP contribution in [0.4, 0.5) is 0 Å². The topological polar surface area (TPSA) is 0 Å². The highest BCUT2D eigenvalue weighted by Gasteiger charge is 2.31. The fraction of sp³-hybridized carbons (Fsp3) is 0.385. The standard InChI is InChI=1S/C13H14/c1-9-12-5-3-2-4-11(12)8-13(9)10-6-7-10/h2-5,10H,6-8H2,1H3. The van der Waals surface area contributed by atoms with Gasteiger partial charge in [0.05, 0.1) is 0 Å². The first-order valence-corrected chi connectivity index (χ1v) is 5.14. The van der Waals surface area contributed by atoms with Crippen LogP contribution in [0.3, 0.4) is 0 Å². The van der Waals surface area contributed by atoms with E-state index in [2.05, 4.69) is 31.2 Å². The van der Waals surface area contributed by atoms with Crippen LogP contribution >= 0.6 is 0 Å². The molecule has 0 unspecified atom stereocenters. The lowest BCUT2D eigenvalue weighted by Gasteiger charge is -1.99. The van der Waals surface area contributed by atoms with Crippen LogP contribution in [0.15, 0.2) is 29.8 Å². The largest absolute Gasteiger partial charge is 0.0619 e. The molecule has 1 fully saturated rings. The van der Waals surface area contributed by atoms with Crippen LogP contribution in [0, 0.1) is 5.92 Å². The molecule has 0 N–H and O–H groups in total. The van der Waals surface area contributed by atoms with Crippen molar-refractivity contribution >= 4 is 5.57 Å². The maximum atomic E-state index is 2.29. The van der Waals surface area contributed by atoms with Gasteiger partial charge in [-0.05, 0) is 48.8 Å². The minimum Gasteiger partial charge on any atom is -0.0619 e. The van der Waals surface area contributed by atoms with Gasteiger partial charge < -0.3 is 0 Å². The molecule has 3 rings (SSSR count). The maximum absolute atomic E-state index is 2.29. The summed E-state index contributed by atoms with van der Waals surface area (Å²) in [5, 5.41) is 0. The molecular weight excluding hydrogens is 156 g/mol. The van der Waals surface area contributed by atoms with E-state index in [4.69, 9.17) is 0 Å². The highest BCUT2D eigenvalue weighted by atomic mass is 14.4. The number of fused-ring (bicyclic) bond motifs is 1. The molecule has 2 aliphatic carbocycles. The average molecular weight is 170 g/mol. The molecule has 1 saturated carbocycles. The van der Waals surface area contributed by atoms with Crippen molar-refractivity contribution in [3.63, 3.8) is 0 Å². The van der Waals surface area contributed by atoms with Gasteiger partial charge in [0.25, 0.3) is 0 Å². The molecule has 0 atom stereocenters. The Morgan fingerprint density at radius 3 is 2.62 bits per heavy atom. The lowest BCUT2D eigenvalue weighted by molar-refractivity contribution is 0.957. The van der Waals surface area contributed by atoms with Crippen molar-refractivity contribution in [3.8, 4) is 0 Å². The van der Waals surface area contributed by atoms with Gasteiger partial charge in [-0.15, -0.1) is 0 Å². The Balaban J connectivity index is 2.09. The Morgan fingerprint density at radius 1 is 1.15 bits per heavy atom. The number of hydrogen-bond donors (Lipinski definition) is 0. The fourth-order valence-electron chi connectivity index (χ4n) is 2.43. The smallest absolute Gasteiger partial charge is 0.00523 e. The predicted molar refractivity (Wildman–Crippen MR) is 55.5 cm³/mol. The van der Waals surface area contributed by atoms with E-state index in [1.54, 1.807) is 16.7 Å². The van der Waals surface area contributed by atoms with E-state index in [1.807, 2.05) is 0 Å². The average Bonchev–Trinajstić information content (AvgIpc) is 2.94. The van der Waals surface area contributed by atoms with Gasteiger partial charge in [-0.25, -0.2) is 0 Å². The summed E-state index contributed by atoms with van der Waals surface area (Å²) in [5.41, 5.74) is 6.34. The second-order valence-corrected chi connectivity index (χ2v) is 4.26. The van der Waals surface area contributed by atoms with Crippen LogP contribution in [0.1, 0.15) is 30.9 Å². The van der Waals surface area contributed by atoms with Crippen LogP contribution in [0.5, 0.6) is 0 Å². The van der Waals surface area contributed by atoms with E-state index < -0.39 is 0 Å². The Kier molecular flexibility index (Phi) is 1.40. The molecule has 0 heteroatoms. The molecule has 0 aromatic heterocycles. The molecule has 0 saturated heterocycles. The molecule has 1 aromatic rings. The lowest BCUT2D eigenvalue weighted by atomic mass is 10.1. The van der Waals surface area contributed by atoms with Gasteiger partial charge in [0.15, 0.2) is 0 Å². The minimum atomic E-state index is 0.937. The molecule has 0 nitrogen and oxygen atoms in total. The minimum absolute atomic E-state index is 0.937. The molecule has 0 bridgehead atoms. The van der Waals surface area contributed by atoms with E-state index in [0.29, 0.717) is 0 Å². The summed E-state index contributed by atoms with van der Waals surface area (Å²) in [7, 11) is 0. The summed E-state index contributed by atoms with van der Waals surface area (Å²) in [4.78, 5) is 0. The van der Waals surface area contributed by atoms with E-state index in [9.17, 15) is 0 Å². The van der Waals surface area contributed by atoms with Gasteiger partial charge in [0.2, 0.25) is 0 Å². The summed E-state index contributed by atoms with van der Waals surface area (Å²) in [6, 6.07) is 8.84. The maximum Gasteiger partial charge on any atom is -0.00523 e. The van der Waals surface area contributed by atoms with Crippen molar-refractivity contribution in [2.24, 2.45) is 5.92 Å². The van der Waals surface area contributed by atoms with Gasteiger partial charge in [0, 0.05) is 0 Å². The molecule has 0 aliphatic heterocycles. The lowest BCUT2D eigenvalue weighted by Crippen LogP contribution is -1.85. The number of benzene rings is 1. The number of allylic oxidation sites excluding steroid dienone is 2. The molecule has 0 spiro atoms. The Bertz CT molecular complexity index is 381. The van der Waals surface area contributed by atoms with Crippen LogP contribution < -0.4 is 0 Å². The second-order valence-electron chi connectivity index (χ2n) is 4.26. The third-order valence-electron chi connectivity index (χ3n) is 3.35. The van der Waals surface area contributed by atoms with Gasteiger partial charge in [-0.3, -0.25) is 0 Å². The molecule has 2 aliphatic rings. The fourth-order valence-corrected chi connectivity index (χ4v) is 2.43. The summed E-state index contributed by atoms with van der Waals surface area (Å²) >= 11 is 0. The zero-order chi connectivity index (χ0) is 8.84. The van der Waals surface area contributed by atoms with Crippen molar-refractivity contribution in [1.82, 2.24) is 0 Å². The van der Waals surface area contributed by atoms with Gasteiger partial charge >= 0.3 is 0 Å². The van der Waals surface area contributed by atoms with E-state index in [1.165, 1.54) is 24.8 Å². The third-order valence-corrected chi connectivity index (χ3v) is 3.35. The molecule has 1 aromatic carbocycles.